The number of piperazine rings is 1. The number of fused-ring (bicyclic) bond motifs is 2. The zero-order chi connectivity index (χ0) is 32.5. The van der Waals surface area contributed by atoms with E-state index in [0.29, 0.717) is 23.0 Å². The van der Waals surface area contributed by atoms with E-state index in [0.717, 1.165) is 18.2 Å². The molecule has 6 rings (SSSR count). The lowest BCUT2D eigenvalue weighted by molar-refractivity contribution is -0.130. The van der Waals surface area contributed by atoms with Gasteiger partial charge in [0.05, 0.1) is 40.1 Å². The lowest BCUT2D eigenvalue weighted by atomic mass is 9.98. The second-order valence-corrected chi connectivity index (χ2v) is 11.5. The van der Waals surface area contributed by atoms with Gasteiger partial charge in [-0.05, 0) is 55.7 Å². The van der Waals surface area contributed by atoms with Crippen molar-refractivity contribution >= 4 is 34.2 Å². The van der Waals surface area contributed by atoms with Crippen molar-refractivity contribution in [1.82, 2.24) is 19.4 Å². The number of phenolic OH excluding ortho intramolecular Hbond substituents is 1. The minimum Gasteiger partial charge on any atom is -0.507 e. The Balaban J connectivity index is 1.76. The highest BCUT2D eigenvalue weighted by Crippen LogP contribution is 2.45. The first kappa shape index (κ1) is 29.9. The molecule has 0 spiro atoms. The smallest absolute Gasteiger partial charge is 0.354 e. The van der Waals surface area contributed by atoms with Gasteiger partial charge in [0.1, 0.15) is 17.6 Å². The number of hydrogen-bond donors (Lipinski definition) is 2. The third-order valence-corrected chi connectivity index (χ3v) is 8.39. The Morgan fingerprint density at radius 2 is 1.89 bits per heavy atom. The number of carbonyl (C=O) groups is 2. The van der Waals surface area contributed by atoms with Crippen LogP contribution < -0.4 is 15.9 Å². The number of nitrogens with one attached hydrogen (secondary N) is 1. The summed E-state index contributed by atoms with van der Waals surface area (Å²) in [5, 5.41) is 13.2. The molecule has 0 saturated carbocycles. The van der Waals surface area contributed by atoms with Gasteiger partial charge in [-0.1, -0.05) is 20.4 Å². The van der Waals surface area contributed by atoms with Gasteiger partial charge in [-0.15, -0.1) is 0 Å². The first-order valence-corrected chi connectivity index (χ1v) is 14.3. The van der Waals surface area contributed by atoms with E-state index in [4.69, 9.17) is 0 Å². The molecule has 232 valence electrons. The van der Waals surface area contributed by atoms with E-state index in [1.54, 1.807) is 31.0 Å². The van der Waals surface area contributed by atoms with E-state index >= 15 is 8.78 Å². The monoisotopic (exact) mass is 618 g/mol. The van der Waals surface area contributed by atoms with Gasteiger partial charge >= 0.3 is 5.69 Å². The second-order valence-electron chi connectivity index (χ2n) is 11.5. The summed E-state index contributed by atoms with van der Waals surface area (Å²) in [5.41, 5.74) is -1.12. The van der Waals surface area contributed by atoms with Gasteiger partial charge in [-0.3, -0.25) is 19.1 Å². The van der Waals surface area contributed by atoms with Gasteiger partial charge in [0.2, 0.25) is 11.8 Å². The van der Waals surface area contributed by atoms with Crippen LogP contribution in [-0.4, -0.2) is 61.5 Å². The molecular weight excluding hydrogens is 589 g/mol. The number of pyridine rings is 1. The molecule has 0 radical (unpaired) electrons. The van der Waals surface area contributed by atoms with E-state index in [2.05, 4.69) is 21.9 Å². The highest BCUT2D eigenvalue weighted by atomic mass is 19.2. The molecule has 4 aromatic rings. The van der Waals surface area contributed by atoms with Crippen LogP contribution in [0.1, 0.15) is 37.9 Å². The summed E-state index contributed by atoms with van der Waals surface area (Å²) in [6, 6.07) is 2.87. The normalized spacial score (nSPS) is 17.7. The minimum atomic E-state index is -1.52. The van der Waals surface area contributed by atoms with E-state index in [-0.39, 0.29) is 35.7 Å². The fourth-order valence-electron chi connectivity index (χ4n) is 6.22. The van der Waals surface area contributed by atoms with Crippen LogP contribution >= 0.6 is 0 Å². The molecule has 2 aliphatic heterocycles. The summed E-state index contributed by atoms with van der Waals surface area (Å²) in [6.45, 7) is 10.7. The number of benzene rings is 2. The largest absolute Gasteiger partial charge is 0.507 e. The van der Waals surface area contributed by atoms with Crippen molar-refractivity contribution in [3.8, 4) is 22.6 Å². The SMILES string of the molecule is C=CC(=O)N1CC2C(=O)Nc3c(F)c(-c4c(O)ccc(F)c4F)cc4c3c(nc(=O)n4-c3c(C)ccnc3C(C)C)N2CC1C. The van der Waals surface area contributed by atoms with Crippen molar-refractivity contribution in [1.29, 1.82) is 0 Å². The number of nitrogens with zero attached hydrogens (tertiary/aromatic N) is 5. The highest BCUT2D eigenvalue weighted by Gasteiger charge is 2.42. The average Bonchev–Trinajstić information content (AvgIpc) is 3.11. The van der Waals surface area contributed by atoms with Gasteiger partial charge in [-0.25, -0.2) is 18.0 Å². The summed E-state index contributed by atoms with van der Waals surface area (Å²) in [6.07, 6.45) is 2.71. The number of anilines is 2. The molecule has 45 heavy (non-hydrogen) atoms. The van der Waals surface area contributed by atoms with E-state index in [1.165, 1.54) is 9.47 Å². The van der Waals surface area contributed by atoms with Gasteiger partial charge in [0.15, 0.2) is 17.5 Å². The Kier molecular flexibility index (Phi) is 7.13. The third kappa shape index (κ3) is 4.52. The predicted octanol–water partition coefficient (Wildman–Crippen LogP) is 4.55. The summed E-state index contributed by atoms with van der Waals surface area (Å²) in [4.78, 5) is 52.3. The molecule has 13 heteroatoms. The molecule has 4 heterocycles. The molecule has 2 atom stereocenters. The third-order valence-electron chi connectivity index (χ3n) is 8.39. The Labute approximate surface area is 255 Å². The highest BCUT2D eigenvalue weighted by molar-refractivity contribution is 6.13. The topological polar surface area (TPSA) is 121 Å². The zero-order valence-electron chi connectivity index (χ0n) is 24.9. The average molecular weight is 619 g/mol. The summed E-state index contributed by atoms with van der Waals surface area (Å²) < 4.78 is 47.6. The van der Waals surface area contributed by atoms with E-state index in [9.17, 15) is 23.9 Å². The Bertz CT molecular complexity index is 2010. The molecule has 2 unspecified atom stereocenters. The first-order valence-electron chi connectivity index (χ1n) is 14.3. The fraction of sp³-hybridized carbons (Fsp3) is 0.281. The zero-order valence-corrected chi connectivity index (χ0v) is 24.9. The maximum absolute atomic E-state index is 16.6. The molecule has 0 aliphatic carbocycles. The van der Waals surface area contributed by atoms with E-state index < -0.39 is 69.6 Å². The molecule has 2 aromatic heterocycles. The molecule has 0 bridgehead atoms. The summed E-state index contributed by atoms with van der Waals surface area (Å²) >= 11 is 0. The Morgan fingerprint density at radius 1 is 1.16 bits per heavy atom. The van der Waals surface area contributed by atoms with Crippen molar-refractivity contribution in [3.63, 3.8) is 0 Å². The molecule has 2 aromatic carbocycles. The number of hydrogen-bond acceptors (Lipinski definition) is 7. The van der Waals surface area contributed by atoms with Crippen LogP contribution in [0.5, 0.6) is 5.75 Å². The fourth-order valence-corrected chi connectivity index (χ4v) is 6.22. The first-order chi connectivity index (χ1) is 21.3. The lowest BCUT2D eigenvalue weighted by Gasteiger charge is -2.44. The molecule has 1 fully saturated rings. The van der Waals surface area contributed by atoms with Crippen LogP contribution in [0.3, 0.4) is 0 Å². The van der Waals surface area contributed by atoms with Crippen molar-refractivity contribution < 1.29 is 27.9 Å². The molecule has 10 nitrogen and oxygen atoms in total. The molecule has 2 N–H and O–H groups in total. The molecule has 2 amide bonds. The van der Waals surface area contributed by atoms with Gasteiger partial charge in [0, 0.05) is 24.3 Å². The maximum atomic E-state index is 16.6. The van der Waals surface area contributed by atoms with Crippen LogP contribution in [0.4, 0.5) is 24.7 Å². The van der Waals surface area contributed by atoms with Crippen LogP contribution in [0.2, 0.25) is 0 Å². The van der Waals surface area contributed by atoms with Crippen LogP contribution in [0.15, 0.2) is 47.9 Å². The Morgan fingerprint density at radius 3 is 2.58 bits per heavy atom. The summed E-state index contributed by atoms with van der Waals surface area (Å²) in [7, 11) is 0. The molecule has 2 aliphatic rings. The van der Waals surface area contributed by atoms with Crippen molar-refractivity contribution in [2.24, 2.45) is 0 Å². The quantitative estimate of drug-likeness (QED) is 0.322. The van der Waals surface area contributed by atoms with Crippen LogP contribution in [-0.2, 0) is 9.59 Å². The standard InChI is InChI=1S/C32H29F3N6O4/c1-6-22(43)39-13-20-31(44)37-28-24-19(11-17(25(28)34)23-21(42)8-7-18(33)26(23)35)41(29-15(4)9-10-36-27(29)14(2)3)32(45)38-30(24)40(20)12-16(39)5/h6-11,14,16,20,42H,1,12-13H2,2-5H3,(H,37,44). The lowest BCUT2D eigenvalue weighted by Crippen LogP contribution is -2.62. The molecule has 1 saturated heterocycles. The number of phenols is 1. The maximum Gasteiger partial charge on any atom is 0.354 e. The number of rotatable bonds is 4. The van der Waals surface area contributed by atoms with Crippen molar-refractivity contribution in [3.05, 3.63) is 82.3 Å². The van der Waals surface area contributed by atoms with Crippen molar-refractivity contribution in [2.45, 2.75) is 45.7 Å². The second kappa shape index (κ2) is 10.8. The number of carbonyl (C=O) groups excluding carboxylic acids is 2. The van der Waals surface area contributed by atoms with Crippen molar-refractivity contribution in [2.75, 3.05) is 23.3 Å². The van der Waals surface area contributed by atoms with E-state index in [1.807, 2.05) is 13.8 Å². The van der Waals surface area contributed by atoms with Crippen LogP contribution in [0.25, 0.3) is 27.7 Å². The number of aromatic nitrogens is 3. The Hall–Kier alpha value is -5.20. The molecular formula is C32H29F3N6O4. The number of amides is 2. The number of aryl methyl sites for hydroxylation is 1. The summed E-state index contributed by atoms with van der Waals surface area (Å²) in [5.74, 6) is -6.13. The number of halogens is 3. The van der Waals surface area contributed by atoms with Gasteiger partial charge in [-0.2, -0.15) is 4.98 Å². The minimum absolute atomic E-state index is 0.00987. The predicted molar refractivity (Wildman–Crippen MR) is 162 cm³/mol. The van der Waals surface area contributed by atoms with Gasteiger partial charge < -0.3 is 20.2 Å². The number of aromatic hydroxyl groups is 1. The van der Waals surface area contributed by atoms with Crippen LogP contribution in [0, 0.1) is 24.4 Å². The van der Waals surface area contributed by atoms with Gasteiger partial charge in [0.25, 0.3) is 0 Å².